The molecule has 0 aromatic heterocycles. The van der Waals surface area contributed by atoms with Crippen LogP contribution in [-0.4, -0.2) is 31.0 Å². The smallest absolute Gasteiger partial charge is 0.253 e. The number of hydrogen-bond donors (Lipinski definition) is 0. The number of carbonyl (C=O) groups excluding carboxylic acids is 1. The van der Waals surface area contributed by atoms with E-state index in [-0.39, 0.29) is 11.7 Å². The van der Waals surface area contributed by atoms with Crippen LogP contribution in [0.3, 0.4) is 0 Å². The van der Waals surface area contributed by atoms with Crippen LogP contribution in [-0.2, 0) is 0 Å². The molecule has 0 saturated carbocycles. The first-order valence-electron chi connectivity index (χ1n) is 7.93. The molecule has 0 radical (unpaired) electrons. The Morgan fingerprint density at radius 3 is 2.39 bits per heavy atom. The lowest BCUT2D eigenvalue weighted by molar-refractivity contribution is 0.0724. The van der Waals surface area contributed by atoms with E-state index in [4.69, 9.17) is 4.74 Å². The second kappa shape index (κ2) is 6.82. The van der Waals surface area contributed by atoms with Gasteiger partial charge in [0, 0.05) is 18.7 Å². The number of carbonyl (C=O) groups is 1. The predicted octanol–water partition coefficient (Wildman–Crippen LogP) is 4.13. The van der Waals surface area contributed by atoms with E-state index < -0.39 is 0 Å². The topological polar surface area (TPSA) is 29.5 Å². The summed E-state index contributed by atoms with van der Waals surface area (Å²) in [4.78, 5) is 14.4. The van der Waals surface area contributed by atoms with Gasteiger partial charge in [0.25, 0.3) is 5.91 Å². The van der Waals surface area contributed by atoms with Gasteiger partial charge in [-0.1, -0.05) is 18.2 Å². The lowest BCUT2D eigenvalue weighted by Crippen LogP contribution is -2.35. The van der Waals surface area contributed by atoms with Gasteiger partial charge in [0.1, 0.15) is 11.6 Å². The molecular formula is C19H20FNO2. The van der Waals surface area contributed by atoms with Gasteiger partial charge in [0.15, 0.2) is 0 Å². The normalized spacial score (nSPS) is 14.6. The highest BCUT2D eigenvalue weighted by molar-refractivity contribution is 5.94. The number of likely N-dealkylation sites (tertiary alicyclic amines) is 1. The molecule has 120 valence electrons. The third-order valence-corrected chi connectivity index (χ3v) is 4.26. The summed E-state index contributed by atoms with van der Waals surface area (Å²) in [6, 6.07) is 11.8. The zero-order chi connectivity index (χ0) is 16.2. The van der Waals surface area contributed by atoms with Crippen molar-refractivity contribution in [3.8, 4) is 16.9 Å². The van der Waals surface area contributed by atoms with Crippen molar-refractivity contribution in [2.75, 3.05) is 20.2 Å². The highest BCUT2D eigenvalue weighted by atomic mass is 19.1. The lowest BCUT2D eigenvalue weighted by atomic mass is 10.0. The molecule has 0 spiro atoms. The summed E-state index contributed by atoms with van der Waals surface area (Å²) in [5.74, 6) is 0.205. The number of ether oxygens (including phenoxy) is 1. The van der Waals surface area contributed by atoms with Gasteiger partial charge in [-0.25, -0.2) is 4.39 Å². The fraction of sp³-hybridized carbons (Fsp3) is 0.316. The van der Waals surface area contributed by atoms with Crippen LogP contribution in [0.4, 0.5) is 4.39 Å². The minimum absolute atomic E-state index is 0.0525. The Morgan fingerprint density at radius 1 is 1.04 bits per heavy atom. The Balaban J connectivity index is 1.86. The van der Waals surface area contributed by atoms with Gasteiger partial charge in [-0.15, -0.1) is 0 Å². The standard InChI is InChI=1S/C19H20FNO2/c1-23-17-7-5-6-16(20)18(17)14-8-10-15(11-9-14)19(22)21-12-3-2-4-13-21/h5-11H,2-4,12-13H2,1H3. The van der Waals surface area contributed by atoms with Crippen LogP contribution in [0.5, 0.6) is 5.75 Å². The van der Waals surface area contributed by atoms with E-state index in [1.54, 1.807) is 36.4 Å². The van der Waals surface area contributed by atoms with Gasteiger partial charge in [0.2, 0.25) is 0 Å². The maximum atomic E-state index is 14.1. The number of rotatable bonds is 3. The van der Waals surface area contributed by atoms with Crippen LogP contribution < -0.4 is 4.74 Å². The monoisotopic (exact) mass is 313 g/mol. The van der Waals surface area contributed by atoms with Crippen molar-refractivity contribution < 1.29 is 13.9 Å². The van der Waals surface area contributed by atoms with E-state index in [1.165, 1.54) is 19.6 Å². The molecule has 0 aliphatic carbocycles. The highest BCUT2D eigenvalue weighted by Crippen LogP contribution is 2.32. The Labute approximate surface area is 135 Å². The van der Waals surface area contributed by atoms with Gasteiger partial charge in [0.05, 0.1) is 12.7 Å². The number of halogens is 1. The zero-order valence-electron chi connectivity index (χ0n) is 13.2. The molecule has 1 aliphatic rings. The van der Waals surface area contributed by atoms with E-state index >= 15 is 0 Å². The fourth-order valence-corrected chi connectivity index (χ4v) is 3.01. The third kappa shape index (κ3) is 3.21. The largest absolute Gasteiger partial charge is 0.496 e. The summed E-state index contributed by atoms with van der Waals surface area (Å²) < 4.78 is 19.4. The minimum Gasteiger partial charge on any atom is -0.496 e. The van der Waals surface area contributed by atoms with Gasteiger partial charge in [-0.3, -0.25) is 4.79 Å². The summed E-state index contributed by atoms with van der Waals surface area (Å²) in [6.45, 7) is 1.64. The molecule has 1 heterocycles. The maximum absolute atomic E-state index is 14.1. The van der Waals surface area contributed by atoms with Crippen molar-refractivity contribution in [1.82, 2.24) is 4.90 Å². The number of piperidine rings is 1. The van der Waals surface area contributed by atoms with Crippen molar-refractivity contribution in [3.63, 3.8) is 0 Å². The average molecular weight is 313 g/mol. The first kappa shape index (κ1) is 15.5. The lowest BCUT2D eigenvalue weighted by Gasteiger charge is -2.26. The van der Waals surface area contributed by atoms with E-state index in [2.05, 4.69) is 0 Å². The molecule has 0 bridgehead atoms. The van der Waals surface area contributed by atoms with E-state index in [0.717, 1.165) is 25.9 Å². The molecule has 0 N–H and O–H groups in total. The Bertz CT molecular complexity index is 691. The van der Waals surface area contributed by atoms with E-state index in [9.17, 15) is 9.18 Å². The first-order valence-corrected chi connectivity index (χ1v) is 7.93. The van der Waals surface area contributed by atoms with Crippen molar-refractivity contribution in [2.45, 2.75) is 19.3 Å². The van der Waals surface area contributed by atoms with Crippen molar-refractivity contribution >= 4 is 5.91 Å². The second-order valence-electron chi connectivity index (χ2n) is 5.75. The van der Waals surface area contributed by atoms with Crippen molar-refractivity contribution in [2.24, 2.45) is 0 Å². The molecule has 2 aromatic carbocycles. The molecule has 23 heavy (non-hydrogen) atoms. The number of hydrogen-bond acceptors (Lipinski definition) is 2. The van der Waals surface area contributed by atoms with Crippen molar-refractivity contribution in [3.05, 3.63) is 53.8 Å². The summed E-state index contributed by atoms with van der Waals surface area (Å²) in [7, 11) is 1.52. The summed E-state index contributed by atoms with van der Waals surface area (Å²) in [6.07, 6.45) is 3.32. The molecule has 2 aromatic rings. The SMILES string of the molecule is COc1cccc(F)c1-c1ccc(C(=O)N2CCCCC2)cc1. The molecule has 1 fully saturated rings. The Kier molecular flexibility index (Phi) is 4.60. The van der Waals surface area contributed by atoms with Crippen LogP contribution in [0.15, 0.2) is 42.5 Å². The van der Waals surface area contributed by atoms with Crippen LogP contribution in [0, 0.1) is 5.82 Å². The van der Waals surface area contributed by atoms with Crippen LogP contribution in [0.1, 0.15) is 29.6 Å². The van der Waals surface area contributed by atoms with Crippen LogP contribution in [0.25, 0.3) is 11.1 Å². The van der Waals surface area contributed by atoms with Crippen molar-refractivity contribution in [1.29, 1.82) is 0 Å². The van der Waals surface area contributed by atoms with Gasteiger partial charge >= 0.3 is 0 Å². The summed E-state index contributed by atoms with van der Waals surface area (Å²) in [5, 5.41) is 0. The number of methoxy groups -OCH3 is 1. The quantitative estimate of drug-likeness (QED) is 0.853. The van der Waals surface area contributed by atoms with Crippen LogP contribution >= 0.6 is 0 Å². The molecule has 3 nitrogen and oxygen atoms in total. The molecule has 1 saturated heterocycles. The Hall–Kier alpha value is -2.36. The summed E-state index contributed by atoms with van der Waals surface area (Å²) in [5.41, 5.74) is 1.77. The number of amides is 1. The molecular weight excluding hydrogens is 293 g/mol. The minimum atomic E-state index is -0.334. The molecule has 1 aliphatic heterocycles. The molecule has 0 unspecified atom stereocenters. The average Bonchev–Trinajstić information content (AvgIpc) is 2.62. The second-order valence-corrected chi connectivity index (χ2v) is 5.75. The Morgan fingerprint density at radius 2 is 1.74 bits per heavy atom. The molecule has 1 amide bonds. The molecule has 3 rings (SSSR count). The van der Waals surface area contributed by atoms with E-state index in [0.29, 0.717) is 22.4 Å². The number of nitrogens with zero attached hydrogens (tertiary/aromatic N) is 1. The van der Waals surface area contributed by atoms with E-state index in [1.807, 2.05) is 4.90 Å². The fourth-order valence-electron chi connectivity index (χ4n) is 3.01. The number of benzene rings is 2. The van der Waals surface area contributed by atoms with Gasteiger partial charge < -0.3 is 9.64 Å². The maximum Gasteiger partial charge on any atom is 0.253 e. The zero-order valence-corrected chi connectivity index (χ0v) is 13.2. The third-order valence-electron chi connectivity index (χ3n) is 4.26. The van der Waals surface area contributed by atoms with Gasteiger partial charge in [-0.05, 0) is 49.1 Å². The molecule has 4 heteroatoms. The summed E-state index contributed by atoms with van der Waals surface area (Å²) >= 11 is 0. The predicted molar refractivity (Wildman–Crippen MR) is 88.1 cm³/mol. The molecule has 0 atom stereocenters. The highest BCUT2D eigenvalue weighted by Gasteiger charge is 2.18. The first-order chi connectivity index (χ1) is 11.2. The van der Waals surface area contributed by atoms with Crippen LogP contribution in [0.2, 0.25) is 0 Å². The van der Waals surface area contributed by atoms with Gasteiger partial charge in [-0.2, -0.15) is 0 Å².